The standard InChI is InChI=1S/C16H19N7O3/c1-2-8-25-16-11(4-3-7-17-16)9-18-12(24)5-6-13-21-15(23-26-13)14-19-10-20-22-14/h3-4,7,10H,2,5-6,8-9H2,1H3,(H,18,24)(H,19,20,22). The number of rotatable bonds is 9. The van der Waals surface area contributed by atoms with Crippen molar-refractivity contribution in [3.8, 4) is 17.5 Å². The summed E-state index contributed by atoms with van der Waals surface area (Å²) < 4.78 is 10.7. The Balaban J connectivity index is 1.48. The summed E-state index contributed by atoms with van der Waals surface area (Å²) in [7, 11) is 0. The lowest BCUT2D eigenvalue weighted by Crippen LogP contribution is -2.23. The number of aromatic nitrogens is 6. The van der Waals surface area contributed by atoms with Crippen molar-refractivity contribution in [1.82, 2.24) is 35.6 Å². The van der Waals surface area contributed by atoms with Crippen molar-refractivity contribution >= 4 is 5.91 Å². The minimum absolute atomic E-state index is 0.130. The minimum Gasteiger partial charge on any atom is -0.477 e. The van der Waals surface area contributed by atoms with Crippen molar-refractivity contribution in [3.63, 3.8) is 0 Å². The van der Waals surface area contributed by atoms with Crippen LogP contribution in [0.15, 0.2) is 29.2 Å². The summed E-state index contributed by atoms with van der Waals surface area (Å²) in [5.41, 5.74) is 0.833. The van der Waals surface area contributed by atoms with Gasteiger partial charge in [0, 0.05) is 31.1 Å². The van der Waals surface area contributed by atoms with Gasteiger partial charge in [0.2, 0.25) is 23.5 Å². The molecule has 26 heavy (non-hydrogen) atoms. The molecule has 0 saturated carbocycles. The highest BCUT2D eigenvalue weighted by atomic mass is 16.5. The Morgan fingerprint density at radius 3 is 3.12 bits per heavy atom. The van der Waals surface area contributed by atoms with Gasteiger partial charge in [-0.05, 0) is 12.5 Å². The SMILES string of the molecule is CCCOc1ncccc1CNC(=O)CCc1nc(-c2ncn[nH]2)no1. The molecule has 0 spiro atoms. The van der Waals surface area contributed by atoms with Crippen LogP contribution in [0.1, 0.15) is 31.2 Å². The molecule has 3 rings (SSSR count). The molecular weight excluding hydrogens is 338 g/mol. The molecule has 10 heteroatoms. The Morgan fingerprint density at radius 2 is 2.31 bits per heavy atom. The van der Waals surface area contributed by atoms with E-state index < -0.39 is 0 Å². The van der Waals surface area contributed by atoms with Gasteiger partial charge < -0.3 is 14.6 Å². The lowest BCUT2D eigenvalue weighted by molar-refractivity contribution is -0.121. The monoisotopic (exact) mass is 357 g/mol. The second kappa shape index (κ2) is 8.70. The van der Waals surface area contributed by atoms with Crippen LogP contribution < -0.4 is 10.1 Å². The summed E-state index contributed by atoms with van der Waals surface area (Å²) in [5, 5.41) is 13.0. The fourth-order valence-corrected chi connectivity index (χ4v) is 2.16. The maximum Gasteiger partial charge on any atom is 0.239 e. The number of hydrogen-bond acceptors (Lipinski definition) is 8. The van der Waals surface area contributed by atoms with Crippen LogP contribution in [0.25, 0.3) is 11.6 Å². The third-order valence-corrected chi connectivity index (χ3v) is 3.43. The van der Waals surface area contributed by atoms with Gasteiger partial charge in [0.05, 0.1) is 6.61 Å². The van der Waals surface area contributed by atoms with Gasteiger partial charge in [-0.15, -0.1) is 0 Å². The summed E-state index contributed by atoms with van der Waals surface area (Å²) in [6, 6.07) is 3.68. The molecule has 0 bridgehead atoms. The molecule has 0 aliphatic carbocycles. The van der Waals surface area contributed by atoms with Gasteiger partial charge in [0.15, 0.2) is 5.82 Å². The lowest BCUT2D eigenvalue weighted by atomic mass is 10.2. The van der Waals surface area contributed by atoms with Crippen molar-refractivity contribution in [2.24, 2.45) is 0 Å². The zero-order valence-corrected chi connectivity index (χ0v) is 14.3. The van der Waals surface area contributed by atoms with Gasteiger partial charge in [-0.1, -0.05) is 18.1 Å². The molecule has 0 radical (unpaired) electrons. The van der Waals surface area contributed by atoms with Crippen molar-refractivity contribution < 1.29 is 14.1 Å². The zero-order chi connectivity index (χ0) is 18.2. The molecule has 2 N–H and O–H groups in total. The number of carbonyl (C=O) groups is 1. The fraction of sp³-hybridized carbons (Fsp3) is 0.375. The molecule has 136 valence electrons. The van der Waals surface area contributed by atoms with Crippen molar-refractivity contribution in [1.29, 1.82) is 0 Å². The van der Waals surface area contributed by atoms with Crippen LogP contribution >= 0.6 is 0 Å². The molecule has 3 aromatic rings. The number of hydrogen-bond donors (Lipinski definition) is 2. The lowest BCUT2D eigenvalue weighted by Gasteiger charge is -2.10. The average Bonchev–Trinajstić information content (AvgIpc) is 3.35. The topological polar surface area (TPSA) is 132 Å². The molecule has 0 aliphatic rings. The molecule has 0 aromatic carbocycles. The maximum absolute atomic E-state index is 12.1. The predicted molar refractivity (Wildman–Crippen MR) is 89.9 cm³/mol. The van der Waals surface area contributed by atoms with E-state index in [9.17, 15) is 4.79 Å². The van der Waals surface area contributed by atoms with E-state index in [1.807, 2.05) is 19.1 Å². The summed E-state index contributed by atoms with van der Waals surface area (Å²) in [6.07, 6.45) is 4.47. The van der Waals surface area contributed by atoms with Crippen molar-refractivity contribution in [2.45, 2.75) is 32.7 Å². The van der Waals surface area contributed by atoms with Gasteiger partial charge in [-0.3, -0.25) is 9.89 Å². The second-order valence-corrected chi connectivity index (χ2v) is 5.44. The van der Waals surface area contributed by atoms with Crippen LogP contribution in [0.3, 0.4) is 0 Å². The van der Waals surface area contributed by atoms with Gasteiger partial charge in [-0.25, -0.2) is 9.97 Å². The van der Waals surface area contributed by atoms with E-state index in [-0.39, 0.29) is 12.3 Å². The van der Waals surface area contributed by atoms with E-state index in [0.717, 1.165) is 12.0 Å². The largest absolute Gasteiger partial charge is 0.477 e. The number of ether oxygens (including phenoxy) is 1. The van der Waals surface area contributed by atoms with E-state index in [1.165, 1.54) is 6.33 Å². The first-order valence-corrected chi connectivity index (χ1v) is 8.28. The molecule has 0 unspecified atom stereocenters. The van der Waals surface area contributed by atoms with Crippen LogP contribution in [-0.2, 0) is 17.8 Å². The Hall–Kier alpha value is -3.30. The third-order valence-electron chi connectivity index (χ3n) is 3.43. The van der Waals surface area contributed by atoms with E-state index >= 15 is 0 Å². The fourth-order valence-electron chi connectivity index (χ4n) is 2.16. The number of carbonyl (C=O) groups excluding carboxylic acids is 1. The highest BCUT2D eigenvalue weighted by Gasteiger charge is 2.13. The number of amides is 1. The van der Waals surface area contributed by atoms with Crippen molar-refractivity contribution in [2.75, 3.05) is 6.61 Å². The molecule has 3 heterocycles. The first-order chi connectivity index (χ1) is 12.8. The molecule has 0 atom stereocenters. The minimum atomic E-state index is -0.130. The number of pyridine rings is 1. The molecule has 0 aliphatic heterocycles. The van der Waals surface area contributed by atoms with Gasteiger partial charge in [0.1, 0.15) is 6.33 Å². The highest BCUT2D eigenvalue weighted by Crippen LogP contribution is 2.14. The predicted octanol–water partition coefficient (Wildman–Crippen LogP) is 1.29. The van der Waals surface area contributed by atoms with Gasteiger partial charge in [-0.2, -0.15) is 10.1 Å². The van der Waals surface area contributed by atoms with E-state index in [4.69, 9.17) is 9.26 Å². The summed E-state index contributed by atoms with van der Waals surface area (Å²) >= 11 is 0. The number of aromatic amines is 1. The molecule has 3 aromatic heterocycles. The van der Waals surface area contributed by atoms with Crippen molar-refractivity contribution in [3.05, 3.63) is 36.1 Å². The summed E-state index contributed by atoms with van der Waals surface area (Å²) in [6.45, 7) is 2.96. The van der Waals surface area contributed by atoms with Gasteiger partial charge in [0.25, 0.3) is 0 Å². The van der Waals surface area contributed by atoms with Crippen LogP contribution in [-0.4, -0.2) is 42.8 Å². The van der Waals surface area contributed by atoms with Crippen LogP contribution in [0, 0.1) is 0 Å². The smallest absolute Gasteiger partial charge is 0.239 e. The highest BCUT2D eigenvalue weighted by molar-refractivity contribution is 5.76. The normalized spacial score (nSPS) is 10.7. The van der Waals surface area contributed by atoms with E-state index in [0.29, 0.717) is 43.0 Å². The van der Waals surface area contributed by atoms with E-state index in [1.54, 1.807) is 6.20 Å². The summed E-state index contributed by atoms with van der Waals surface area (Å²) in [5.74, 6) is 1.50. The third kappa shape index (κ3) is 4.62. The van der Waals surface area contributed by atoms with Crippen LogP contribution in [0.5, 0.6) is 5.88 Å². The summed E-state index contributed by atoms with van der Waals surface area (Å²) in [4.78, 5) is 24.4. The quantitative estimate of drug-likeness (QED) is 0.585. The zero-order valence-electron chi connectivity index (χ0n) is 14.3. The Kier molecular flexibility index (Phi) is 5.86. The number of nitrogens with one attached hydrogen (secondary N) is 2. The average molecular weight is 357 g/mol. The number of aryl methyl sites for hydroxylation is 1. The second-order valence-electron chi connectivity index (χ2n) is 5.44. The molecule has 1 amide bonds. The molecule has 0 fully saturated rings. The van der Waals surface area contributed by atoms with Crippen LogP contribution in [0.2, 0.25) is 0 Å². The van der Waals surface area contributed by atoms with Crippen LogP contribution in [0.4, 0.5) is 0 Å². The Bertz CT molecular complexity index is 832. The first-order valence-electron chi connectivity index (χ1n) is 8.28. The maximum atomic E-state index is 12.1. The van der Waals surface area contributed by atoms with E-state index in [2.05, 4.69) is 35.6 Å². The molecule has 0 saturated heterocycles. The molecule has 10 nitrogen and oxygen atoms in total. The number of nitrogens with zero attached hydrogens (tertiary/aromatic N) is 5. The first kappa shape index (κ1) is 17.5. The molecular formula is C16H19N7O3. The Morgan fingerprint density at radius 1 is 1.38 bits per heavy atom. The van der Waals surface area contributed by atoms with Gasteiger partial charge >= 0.3 is 0 Å². The Labute approximate surface area is 149 Å². The number of H-pyrrole nitrogens is 1.